The van der Waals surface area contributed by atoms with Crippen molar-refractivity contribution in [2.24, 2.45) is 0 Å². The number of rotatable bonds is 4. The second-order valence-corrected chi connectivity index (χ2v) is 6.12. The quantitative estimate of drug-likeness (QED) is 0.698. The lowest BCUT2D eigenvalue weighted by Gasteiger charge is -2.13. The van der Waals surface area contributed by atoms with Crippen molar-refractivity contribution in [3.63, 3.8) is 0 Å². The van der Waals surface area contributed by atoms with Gasteiger partial charge in [0.25, 0.3) is 0 Å². The molecule has 110 valence electrons. The number of anilines is 1. The minimum atomic E-state index is -4.06. The molecule has 0 bridgehead atoms. The molecule has 0 fully saturated rings. The zero-order valence-corrected chi connectivity index (χ0v) is 11.9. The minimum absolute atomic E-state index is 0.0508. The van der Waals surface area contributed by atoms with E-state index in [0.717, 1.165) is 6.92 Å². The van der Waals surface area contributed by atoms with E-state index >= 15 is 0 Å². The molecule has 1 heterocycles. The van der Waals surface area contributed by atoms with Crippen molar-refractivity contribution in [2.75, 3.05) is 12.3 Å². The van der Waals surface area contributed by atoms with E-state index in [1.165, 1.54) is 18.3 Å². The third-order valence-electron chi connectivity index (χ3n) is 2.48. The first-order valence-corrected chi connectivity index (χ1v) is 7.38. The zero-order valence-electron chi connectivity index (χ0n) is 11.1. The molecular formula is C11H16N4O4S. The number of nitrogens with two attached hydrogens (primary N) is 1. The van der Waals surface area contributed by atoms with Crippen LogP contribution in [0.25, 0.3) is 0 Å². The van der Waals surface area contributed by atoms with Crippen LogP contribution < -0.4 is 16.4 Å². The van der Waals surface area contributed by atoms with Crippen molar-refractivity contribution in [1.29, 1.82) is 0 Å². The number of hydrogen-bond acceptors (Lipinski definition) is 6. The Bertz CT molecular complexity index is 615. The lowest BCUT2D eigenvalue weighted by molar-refractivity contribution is -0.119. The maximum atomic E-state index is 12.2. The van der Waals surface area contributed by atoms with E-state index in [2.05, 4.69) is 10.3 Å². The van der Waals surface area contributed by atoms with Crippen LogP contribution in [0.1, 0.15) is 13.8 Å². The number of imide groups is 1. The summed E-state index contributed by atoms with van der Waals surface area (Å²) in [6.07, 6.45) is 1.26. The first-order chi connectivity index (χ1) is 9.30. The summed E-state index contributed by atoms with van der Waals surface area (Å²) >= 11 is 0. The Kier molecular flexibility index (Phi) is 5.03. The molecule has 3 amide bonds. The van der Waals surface area contributed by atoms with E-state index < -0.39 is 27.0 Å². The number of aromatic nitrogens is 1. The largest absolute Gasteiger partial charge is 0.396 e. The van der Waals surface area contributed by atoms with Crippen molar-refractivity contribution < 1.29 is 18.0 Å². The van der Waals surface area contributed by atoms with Crippen molar-refractivity contribution in [2.45, 2.75) is 24.1 Å². The highest BCUT2D eigenvalue weighted by Gasteiger charge is 2.33. The van der Waals surface area contributed by atoms with Crippen molar-refractivity contribution in [3.8, 4) is 0 Å². The molecule has 1 unspecified atom stereocenters. The molecule has 9 heteroatoms. The first-order valence-electron chi connectivity index (χ1n) is 5.83. The van der Waals surface area contributed by atoms with Gasteiger partial charge in [0.15, 0.2) is 5.03 Å². The Labute approximate surface area is 116 Å². The number of carbonyl (C=O) groups excluding carboxylic acids is 2. The van der Waals surface area contributed by atoms with Gasteiger partial charge in [0.05, 0.1) is 5.69 Å². The van der Waals surface area contributed by atoms with E-state index in [1.54, 1.807) is 6.92 Å². The number of hydrogen-bond donors (Lipinski definition) is 3. The highest BCUT2D eigenvalue weighted by Crippen LogP contribution is 2.19. The van der Waals surface area contributed by atoms with Gasteiger partial charge < -0.3 is 11.1 Å². The smallest absolute Gasteiger partial charge is 0.321 e. The second kappa shape index (κ2) is 6.33. The number of amides is 3. The van der Waals surface area contributed by atoms with Crippen molar-refractivity contribution in [1.82, 2.24) is 15.6 Å². The van der Waals surface area contributed by atoms with Crippen LogP contribution in [0.3, 0.4) is 0 Å². The van der Waals surface area contributed by atoms with E-state index in [1.807, 2.05) is 5.32 Å². The molecule has 0 aliphatic heterocycles. The second-order valence-electron chi connectivity index (χ2n) is 3.93. The summed E-state index contributed by atoms with van der Waals surface area (Å²) in [5.41, 5.74) is 5.49. The van der Waals surface area contributed by atoms with Gasteiger partial charge in [0, 0.05) is 12.7 Å². The molecule has 0 spiro atoms. The van der Waals surface area contributed by atoms with Gasteiger partial charge in [-0.3, -0.25) is 10.1 Å². The third kappa shape index (κ3) is 3.44. The summed E-state index contributed by atoms with van der Waals surface area (Å²) in [6.45, 7) is 3.14. The predicted molar refractivity (Wildman–Crippen MR) is 72.5 cm³/mol. The standard InChI is InChI=1S/C11H16N4O4S/c1-3-13-11(17)15-9(16)7(2)20(18,19)10-8(12)5-4-6-14-10/h4-7H,3,12H2,1-2H3,(H2,13,15,16,17). The van der Waals surface area contributed by atoms with Crippen molar-refractivity contribution >= 4 is 27.5 Å². The Morgan fingerprint density at radius 1 is 1.45 bits per heavy atom. The molecule has 1 atom stereocenters. The monoisotopic (exact) mass is 300 g/mol. The number of nitrogens with zero attached hydrogens (tertiary/aromatic N) is 1. The SMILES string of the molecule is CCNC(=O)NC(=O)C(C)S(=O)(=O)c1ncccc1N. The fraction of sp³-hybridized carbons (Fsp3) is 0.364. The number of nitrogens with one attached hydrogen (secondary N) is 2. The van der Waals surface area contributed by atoms with Crippen LogP contribution in [0.4, 0.5) is 10.5 Å². The van der Waals surface area contributed by atoms with Gasteiger partial charge in [0.2, 0.25) is 15.7 Å². The summed E-state index contributed by atoms with van der Waals surface area (Å²) in [4.78, 5) is 26.6. The van der Waals surface area contributed by atoms with E-state index in [4.69, 9.17) is 5.73 Å². The molecule has 1 aromatic rings. The number of pyridine rings is 1. The van der Waals surface area contributed by atoms with Gasteiger partial charge in [-0.05, 0) is 26.0 Å². The molecule has 0 radical (unpaired) electrons. The average molecular weight is 300 g/mol. The van der Waals surface area contributed by atoms with Crippen LogP contribution in [-0.4, -0.2) is 37.1 Å². The molecule has 0 aliphatic carbocycles. The van der Waals surface area contributed by atoms with Crippen LogP contribution in [0.2, 0.25) is 0 Å². The Balaban J connectivity index is 2.96. The van der Waals surface area contributed by atoms with Crippen LogP contribution in [0.5, 0.6) is 0 Å². The van der Waals surface area contributed by atoms with Gasteiger partial charge in [0.1, 0.15) is 5.25 Å². The summed E-state index contributed by atoms with van der Waals surface area (Å²) in [7, 11) is -4.06. The zero-order chi connectivity index (χ0) is 15.3. The normalized spacial score (nSPS) is 12.5. The Morgan fingerprint density at radius 2 is 2.10 bits per heavy atom. The molecule has 1 aromatic heterocycles. The number of urea groups is 1. The maximum absolute atomic E-state index is 12.2. The van der Waals surface area contributed by atoms with Crippen LogP contribution >= 0.6 is 0 Å². The number of carbonyl (C=O) groups is 2. The van der Waals surface area contributed by atoms with Crippen LogP contribution in [0.15, 0.2) is 23.4 Å². The predicted octanol–water partition coefficient (Wildman–Crippen LogP) is -0.328. The van der Waals surface area contributed by atoms with Crippen LogP contribution in [0, 0.1) is 0 Å². The number of nitrogen functional groups attached to an aromatic ring is 1. The highest BCUT2D eigenvalue weighted by atomic mass is 32.2. The molecule has 20 heavy (non-hydrogen) atoms. The first kappa shape index (κ1) is 15.9. The fourth-order valence-corrected chi connectivity index (χ4v) is 2.65. The molecule has 0 aromatic carbocycles. The average Bonchev–Trinajstić information content (AvgIpc) is 2.38. The third-order valence-corrected chi connectivity index (χ3v) is 4.50. The van der Waals surface area contributed by atoms with Gasteiger partial charge in [-0.2, -0.15) is 0 Å². The molecule has 0 saturated carbocycles. The summed E-state index contributed by atoms with van der Waals surface area (Å²) in [5, 5.41) is 2.41. The molecule has 8 nitrogen and oxygen atoms in total. The van der Waals surface area contributed by atoms with E-state index in [-0.39, 0.29) is 10.7 Å². The van der Waals surface area contributed by atoms with Crippen LogP contribution in [-0.2, 0) is 14.6 Å². The molecule has 0 aliphatic rings. The van der Waals surface area contributed by atoms with Gasteiger partial charge in [-0.25, -0.2) is 18.2 Å². The summed E-state index contributed by atoms with van der Waals surface area (Å²) < 4.78 is 24.4. The summed E-state index contributed by atoms with van der Waals surface area (Å²) in [5.74, 6) is -0.944. The van der Waals surface area contributed by atoms with E-state index in [9.17, 15) is 18.0 Å². The number of sulfone groups is 1. The molecule has 0 saturated heterocycles. The van der Waals surface area contributed by atoms with E-state index in [0.29, 0.717) is 6.54 Å². The Morgan fingerprint density at radius 3 is 2.65 bits per heavy atom. The summed E-state index contributed by atoms with van der Waals surface area (Å²) in [6, 6.07) is 2.09. The topological polar surface area (TPSA) is 131 Å². The molecular weight excluding hydrogens is 284 g/mol. The minimum Gasteiger partial charge on any atom is -0.396 e. The van der Waals surface area contributed by atoms with Crippen molar-refractivity contribution in [3.05, 3.63) is 18.3 Å². The van der Waals surface area contributed by atoms with Gasteiger partial charge in [-0.15, -0.1) is 0 Å². The van der Waals surface area contributed by atoms with Gasteiger partial charge in [-0.1, -0.05) is 0 Å². The lowest BCUT2D eigenvalue weighted by Crippen LogP contribution is -2.45. The molecule has 1 rings (SSSR count). The Hall–Kier alpha value is -2.16. The van der Waals surface area contributed by atoms with Gasteiger partial charge >= 0.3 is 6.03 Å². The maximum Gasteiger partial charge on any atom is 0.321 e. The fourth-order valence-electron chi connectivity index (χ4n) is 1.37. The molecule has 4 N–H and O–H groups in total. The lowest BCUT2D eigenvalue weighted by atomic mass is 10.4. The highest BCUT2D eigenvalue weighted by molar-refractivity contribution is 7.92.